The first-order valence-corrected chi connectivity index (χ1v) is 9.08. The molecule has 0 radical (unpaired) electrons. The van der Waals surface area contributed by atoms with Gasteiger partial charge in [0.1, 0.15) is 5.75 Å². The van der Waals surface area contributed by atoms with Crippen molar-refractivity contribution >= 4 is 11.6 Å². The molecule has 2 atom stereocenters. The lowest BCUT2D eigenvalue weighted by Gasteiger charge is -2.62. The molecule has 124 valence electrons. The van der Waals surface area contributed by atoms with Gasteiger partial charge in [0.05, 0.1) is 5.92 Å². The third kappa shape index (κ3) is 1.31. The summed E-state index contributed by atoms with van der Waals surface area (Å²) in [5.74, 6) is 0.507. The van der Waals surface area contributed by atoms with Gasteiger partial charge in [-0.15, -0.1) is 0 Å². The second kappa shape index (κ2) is 4.04. The molecule has 2 aromatic rings. The summed E-state index contributed by atoms with van der Waals surface area (Å²) in [5.41, 5.74) is 0.0343. The van der Waals surface area contributed by atoms with E-state index >= 15 is 0 Å². The van der Waals surface area contributed by atoms with E-state index in [-0.39, 0.29) is 28.3 Å². The zero-order chi connectivity index (χ0) is 16.9. The first-order chi connectivity index (χ1) is 12.2. The Hall–Kier alpha value is -2.42. The van der Waals surface area contributed by atoms with E-state index in [2.05, 4.69) is 0 Å². The topological polar surface area (TPSA) is 43.4 Å². The van der Waals surface area contributed by atoms with Crippen molar-refractivity contribution < 1.29 is 14.3 Å². The van der Waals surface area contributed by atoms with Gasteiger partial charge < -0.3 is 4.74 Å². The summed E-state index contributed by atoms with van der Waals surface area (Å²) in [6, 6.07) is 16.8. The molecule has 2 spiro atoms. The summed E-state index contributed by atoms with van der Waals surface area (Å²) in [6.45, 7) is 0. The highest BCUT2D eigenvalue weighted by Gasteiger charge is 2.93. The van der Waals surface area contributed by atoms with Crippen LogP contribution in [0.1, 0.15) is 46.4 Å². The SMILES string of the molecule is O=C1c2ccccc2C(=O)C2(Oc3ccccc3)C1C1(CC1)C21CC1. The number of carbonyl (C=O) groups excluding carboxylic acids is 2. The molecule has 0 aromatic heterocycles. The highest BCUT2D eigenvalue weighted by atomic mass is 16.5. The van der Waals surface area contributed by atoms with Crippen LogP contribution in [0.2, 0.25) is 0 Å². The van der Waals surface area contributed by atoms with E-state index in [0.717, 1.165) is 25.7 Å². The first-order valence-electron chi connectivity index (χ1n) is 9.08. The number of carbonyl (C=O) groups is 2. The number of benzene rings is 2. The van der Waals surface area contributed by atoms with E-state index in [0.29, 0.717) is 16.9 Å². The Kier molecular flexibility index (Phi) is 2.23. The lowest BCUT2D eigenvalue weighted by atomic mass is 9.42. The predicted octanol–water partition coefficient (Wildman–Crippen LogP) is 4.07. The van der Waals surface area contributed by atoms with Crippen molar-refractivity contribution in [2.45, 2.75) is 31.3 Å². The summed E-state index contributed by atoms with van der Waals surface area (Å²) >= 11 is 0. The number of ketones is 2. The Morgan fingerprint density at radius 2 is 1.44 bits per heavy atom. The number of rotatable bonds is 2. The van der Waals surface area contributed by atoms with Crippen LogP contribution in [0.15, 0.2) is 54.6 Å². The van der Waals surface area contributed by atoms with Crippen molar-refractivity contribution in [1.29, 1.82) is 0 Å². The monoisotopic (exact) mass is 330 g/mol. The van der Waals surface area contributed by atoms with E-state index in [1.54, 1.807) is 12.1 Å². The van der Waals surface area contributed by atoms with Crippen LogP contribution in [0.5, 0.6) is 5.75 Å². The normalized spacial score (nSPS) is 31.9. The third-order valence-corrected chi connectivity index (χ3v) is 7.22. The van der Waals surface area contributed by atoms with Crippen LogP contribution >= 0.6 is 0 Å². The molecule has 2 unspecified atom stereocenters. The van der Waals surface area contributed by atoms with Gasteiger partial charge in [-0.2, -0.15) is 0 Å². The summed E-state index contributed by atoms with van der Waals surface area (Å²) in [4.78, 5) is 27.0. The zero-order valence-electron chi connectivity index (χ0n) is 13.8. The van der Waals surface area contributed by atoms with Gasteiger partial charge in [0.25, 0.3) is 0 Å². The van der Waals surface area contributed by atoms with Gasteiger partial charge in [-0.05, 0) is 43.2 Å². The average molecular weight is 330 g/mol. The van der Waals surface area contributed by atoms with Crippen molar-refractivity contribution in [2.24, 2.45) is 16.7 Å². The van der Waals surface area contributed by atoms with Crippen molar-refractivity contribution in [3.63, 3.8) is 0 Å². The average Bonchev–Trinajstić information content (AvgIpc) is 3.53. The molecule has 0 saturated heterocycles. The summed E-state index contributed by atoms with van der Waals surface area (Å²) in [7, 11) is 0. The quantitative estimate of drug-likeness (QED) is 0.833. The molecule has 3 heteroatoms. The Labute approximate surface area is 146 Å². The van der Waals surface area contributed by atoms with Gasteiger partial charge in [-0.25, -0.2) is 0 Å². The van der Waals surface area contributed by atoms with Gasteiger partial charge in [0.2, 0.25) is 5.78 Å². The molecule has 2 aromatic carbocycles. The number of hydrogen-bond donors (Lipinski definition) is 0. The number of para-hydroxylation sites is 1. The summed E-state index contributed by atoms with van der Waals surface area (Å²) < 4.78 is 6.46. The smallest absolute Gasteiger partial charge is 0.208 e. The van der Waals surface area contributed by atoms with Crippen LogP contribution in [0.4, 0.5) is 0 Å². The standard InChI is InChI=1S/C22H18O3/c23-17-15-8-4-5-9-16(15)19(24)22(25-14-6-2-1-3-7-14)18(17)20(10-11-20)21(22)12-13-21/h1-9,18H,10-13H2. The molecule has 0 bridgehead atoms. The fraction of sp³-hybridized carbons (Fsp3) is 0.364. The van der Waals surface area contributed by atoms with Crippen molar-refractivity contribution in [1.82, 2.24) is 0 Å². The molecule has 0 heterocycles. The molecular weight excluding hydrogens is 312 g/mol. The lowest BCUT2D eigenvalue weighted by Crippen LogP contribution is -2.76. The molecule has 4 aliphatic carbocycles. The van der Waals surface area contributed by atoms with Crippen molar-refractivity contribution in [3.8, 4) is 5.75 Å². The Morgan fingerprint density at radius 1 is 0.800 bits per heavy atom. The summed E-state index contributed by atoms with van der Waals surface area (Å²) in [5, 5.41) is 0. The minimum atomic E-state index is -0.990. The second-order valence-corrected chi connectivity index (χ2v) is 8.06. The van der Waals surface area contributed by atoms with Crippen molar-refractivity contribution in [3.05, 3.63) is 65.7 Å². The number of fused-ring (bicyclic) bond motifs is 5. The molecule has 25 heavy (non-hydrogen) atoms. The molecule has 3 nitrogen and oxygen atoms in total. The fourth-order valence-corrected chi connectivity index (χ4v) is 6.04. The second-order valence-electron chi connectivity index (χ2n) is 8.06. The number of hydrogen-bond acceptors (Lipinski definition) is 3. The highest BCUT2D eigenvalue weighted by Crippen LogP contribution is 2.89. The van der Waals surface area contributed by atoms with Gasteiger partial charge in [0.15, 0.2) is 11.4 Å². The maximum Gasteiger partial charge on any atom is 0.208 e. The molecular formula is C22H18O3. The van der Waals surface area contributed by atoms with Gasteiger partial charge >= 0.3 is 0 Å². The summed E-state index contributed by atoms with van der Waals surface area (Å²) in [6.07, 6.45) is 4.10. The van der Waals surface area contributed by atoms with Crippen LogP contribution in [0, 0.1) is 16.7 Å². The Bertz CT molecular complexity index is 937. The van der Waals surface area contributed by atoms with Gasteiger partial charge in [-0.1, -0.05) is 42.5 Å². The molecule has 3 fully saturated rings. The minimum Gasteiger partial charge on any atom is -0.478 e. The van der Waals surface area contributed by atoms with E-state index in [1.807, 2.05) is 42.5 Å². The molecule has 4 aliphatic rings. The van der Waals surface area contributed by atoms with E-state index in [4.69, 9.17) is 4.74 Å². The number of Topliss-reactive ketones (excluding diaryl/α,β-unsaturated/α-hetero) is 2. The maximum atomic E-state index is 13.6. The minimum absolute atomic E-state index is 0.0159. The largest absolute Gasteiger partial charge is 0.478 e. The van der Waals surface area contributed by atoms with Crippen LogP contribution < -0.4 is 4.74 Å². The first kappa shape index (κ1) is 13.8. The third-order valence-electron chi connectivity index (χ3n) is 7.22. The van der Waals surface area contributed by atoms with Gasteiger partial charge in [0, 0.05) is 16.5 Å². The van der Waals surface area contributed by atoms with E-state index in [9.17, 15) is 9.59 Å². The fourth-order valence-electron chi connectivity index (χ4n) is 6.04. The Morgan fingerprint density at radius 3 is 2.08 bits per heavy atom. The molecule has 3 saturated carbocycles. The zero-order valence-corrected chi connectivity index (χ0v) is 13.8. The predicted molar refractivity (Wildman–Crippen MR) is 91.7 cm³/mol. The van der Waals surface area contributed by atoms with Crippen LogP contribution in [0.25, 0.3) is 0 Å². The lowest BCUT2D eigenvalue weighted by molar-refractivity contribution is -0.161. The van der Waals surface area contributed by atoms with Crippen LogP contribution in [-0.4, -0.2) is 17.2 Å². The van der Waals surface area contributed by atoms with Crippen LogP contribution in [0.3, 0.4) is 0 Å². The van der Waals surface area contributed by atoms with Crippen LogP contribution in [-0.2, 0) is 0 Å². The van der Waals surface area contributed by atoms with Gasteiger partial charge in [-0.3, -0.25) is 9.59 Å². The molecule has 0 N–H and O–H groups in total. The molecule has 0 aliphatic heterocycles. The maximum absolute atomic E-state index is 13.6. The Balaban J connectivity index is 1.58. The van der Waals surface area contributed by atoms with E-state index < -0.39 is 5.60 Å². The molecule has 0 amide bonds. The van der Waals surface area contributed by atoms with Crippen molar-refractivity contribution in [2.75, 3.05) is 0 Å². The number of ether oxygens (including phenoxy) is 1. The van der Waals surface area contributed by atoms with E-state index in [1.165, 1.54) is 0 Å². The molecule has 6 rings (SSSR count). The highest BCUT2D eigenvalue weighted by molar-refractivity contribution is 6.22.